The summed E-state index contributed by atoms with van der Waals surface area (Å²) in [6, 6.07) is 5.74. The van der Waals surface area contributed by atoms with Gasteiger partial charge in [-0.3, -0.25) is 0 Å². The van der Waals surface area contributed by atoms with E-state index in [-0.39, 0.29) is 15.7 Å². The van der Waals surface area contributed by atoms with Crippen molar-refractivity contribution >= 4 is 21.6 Å². The first kappa shape index (κ1) is 15.4. The number of aromatic nitrogens is 2. The molecular weight excluding hydrogens is 331 g/mol. The molecule has 0 aliphatic carbocycles. The van der Waals surface area contributed by atoms with Gasteiger partial charge >= 0.3 is 0 Å². The highest BCUT2D eigenvalue weighted by Crippen LogP contribution is 2.25. The van der Waals surface area contributed by atoms with Gasteiger partial charge in [-0.05, 0) is 18.2 Å². The number of hydrogen-bond donors (Lipinski definition) is 1. The molecule has 1 saturated heterocycles. The molecule has 0 saturated carbocycles. The Morgan fingerprint density at radius 2 is 1.95 bits per heavy atom. The van der Waals surface area contributed by atoms with Crippen LogP contribution in [0.5, 0.6) is 0 Å². The third-order valence-corrected chi connectivity index (χ3v) is 5.62. The lowest BCUT2D eigenvalue weighted by Crippen LogP contribution is -2.46. The zero-order valence-electron chi connectivity index (χ0n) is 11.5. The minimum absolute atomic E-state index is 0.00575. The zero-order chi connectivity index (χ0) is 15.7. The van der Waals surface area contributed by atoms with Crippen molar-refractivity contribution < 1.29 is 12.8 Å². The summed E-state index contributed by atoms with van der Waals surface area (Å²) in [6.45, 7) is 1.90. The average molecular weight is 345 g/mol. The molecule has 1 aromatic carbocycles. The van der Waals surface area contributed by atoms with Gasteiger partial charge in [0.15, 0.2) is 10.8 Å². The molecule has 118 valence electrons. The standard InChI is InChI=1S/C13H14ClFN4O2S/c14-10-2-1-3-11(13(10)15)19-12(4-5-17-19)22(20,21)18-8-6-16-7-9-18/h1-5,16H,6-9H2. The highest BCUT2D eigenvalue weighted by Gasteiger charge is 2.30. The smallest absolute Gasteiger partial charge is 0.260 e. The molecule has 0 atom stereocenters. The fourth-order valence-electron chi connectivity index (χ4n) is 2.34. The predicted molar refractivity (Wildman–Crippen MR) is 80.2 cm³/mol. The fourth-order valence-corrected chi connectivity index (χ4v) is 4.03. The minimum Gasteiger partial charge on any atom is -0.314 e. The van der Waals surface area contributed by atoms with Crippen LogP contribution >= 0.6 is 11.6 Å². The molecule has 1 N–H and O–H groups in total. The van der Waals surface area contributed by atoms with Crippen LogP contribution in [0, 0.1) is 5.82 Å². The molecule has 6 nitrogen and oxygen atoms in total. The molecule has 0 bridgehead atoms. The van der Waals surface area contributed by atoms with Gasteiger partial charge in [-0.15, -0.1) is 0 Å². The summed E-state index contributed by atoms with van der Waals surface area (Å²) in [5.74, 6) is -0.704. The maximum atomic E-state index is 14.2. The van der Waals surface area contributed by atoms with Gasteiger partial charge in [0.25, 0.3) is 10.0 Å². The monoisotopic (exact) mass is 344 g/mol. The van der Waals surface area contributed by atoms with Crippen molar-refractivity contribution in [1.29, 1.82) is 0 Å². The Morgan fingerprint density at radius 3 is 2.68 bits per heavy atom. The lowest BCUT2D eigenvalue weighted by atomic mass is 10.3. The van der Waals surface area contributed by atoms with Crippen LogP contribution in [0.25, 0.3) is 5.69 Å². The van der Waals surface area contributed by atoms with Crippen LogP contribution in [-0.2, 0) is 10.0 Å². The molecule has 0 spiro atoms. The normalized spacial score (nSPS) is 16.8. The fraction of sp³-hybridized carbons (Fsp3) is 0.308. The molecule has 2 aromatic rings. The predicted octanol–water partition coefficient (Wildman–Crippen LogP) is 1.26. The third-order valence-electron chi connectivity index (χ3n) is 3.45. The molecule has 1 aromatic heterocycles. The second-order valence-electron chi connectivity index (χ2n) is 4.81. The van der Waals surface area contributed by atoms with Gasteiger partial charge in [-0.1, -0.05) is 17.7 Å². The van der Waals surface area contributed by atoms with Crippen molar-refractivity contribution in [2.45, 2.75) is 5.03 Å². The van der Waals surface area contributed by atoms with Crippen molar-refractivity contribution in [3.8, 4) is 5.69 Å². The lowest BCUT2D eigenvalue weighted by Gasteiger charge is -2.26. The van der Waals surface area contributed by atoms with Crippen molar-refractivity contribution in [2.75, 3.05) is 26.2 Å². The number of sulfonamides is 1. The number of benzene rings is 1. The van der Waals surface area contributed by atoms with Gasteiger partial charge in [-0.2, -0.15) is 9.40 Å². The molecule has 3 rings (SSSR count). The topological polar surface area (TPSA) is 67.2 Å². The summed E-state index contributed by atoms with van der Waals surface area (Å²) in [5.41, 5.74) is 0.00575. The van der Waals surface area contributed by atoms with Crippen LogP contribution in [0.4, 0.5) is 4.39 Å². The molecule has 0 amide bonds. The highest BCUT2D eigenvalue weighted by molar-refractivity contribution is 7.89. The van der Waals surface area contributed by atoms with Gasteiger partial charge in [-0.25, -0.2) is 17.5 Å². The van der Waals surface area contributed by atoms with E-state index in [9.17, 15) is 12.8 Å². The molecular formula is C13H14ClFN4O2S. The van der Waals surface area contributed by atoms with E-state index in [1.807, 2.05) is 0 Å². The maximum Gasteiger partial charge on any atom is 0.260 e. The van der Waals surface area contributed by atoms with Gasteiger partial charge in [0.05, 0.1) is 11.2 Å². The van der Waals surface area contributed by atoms with Crippen LogP contribution in [0.1, 0.15) is 0 Å². The van der Waals surface area contributed by atoms with Crippen molar-refractivity contribution in [2.24, 2.45) is 0 Å². The number of nitrogens with zero attached hydrogens (tertiary/aromatic N) is 3. The van der Waals surface area contributed by atoms with Crippen LogP contribution in [0.2, 0.25) is 5.02 Å². The van der Waals surface area contributed by atoms with E-state index in [2.05, 4.69) is 10.4 Å². The van der Waals surface area contributed by atoms with E-state index in [0.717, 1.165) is 4.68 Å². The quantitative estimate of drug-likeness (QED) is 0.910. The molecule has 1 fully saturated rings. The number of halogens is 2. The third kappa shape index (κ3) is 2.63. The van der Waals surface area contributed by atoms with E-state index < -0.39 is 15.8 Å². The molecule has 1 aliphatic rings. The summed E-state index contributed by atoms with van der Waals surface area (Å²) >= 11 is 5.76. The summed E-state index contributed by atoms with van der Waals surface area (Å²) in [4.78, 5) is 0. The largest absolute Gasteiger partial charge is 0.314 e. The minimum atomic E-state index is -3.74. The molecule has 1 aliphatic heterocycles. The Bertz CT molecular complexity index is 787. The zero-order valence-corrected chi connectivity index (χ0v) is 13.1. The second-order valence-corrected chi connectivity index (χ2v) is 7.10. The Hall–Kier alpha value is -1.48. The Kier molecular flexibility index (Phi) is 4.18. The highest BCUT2D eigenvalue weighted by atomic mass is 35.5. The van der Waals surface area contributed by atoms with E-state index in [0.29, 0.717) is 26.2 Å². The lowest BCUT2D eigenvalue weighted by molar-refractivity contribution is 0.357. The summed E-state index contributed by atoms with van der Waals surface area (Å²) < 4.78 is 42.0. The first-order valence-electron chi connectivity index (χ1n) is 6.71. The number of rotatable bonds is 3. The van der Waals surface area contributed by atoms with Crippen molar-refractivity contribution in [3.05, 3.63) is 41.3 Å². The van der Waals surface area contributed by atoms with Gasteiger partial charge in [0.2, 0.25) is 0 Å². The van der Waals surface area contributed by atoms with Gasteiger partial charge < -0.3 is 5.32 Å². The molecule has 0 unspecified atom stereocenters. The van der Waals surface area contributed by atoms with Crippen molar-refractivity contribution in [1.82, 2.24) is 19.4 Å². The molecule has 2 heterocycles. The Balaban J connectivity index is 2.07. The van der Waals surface area contributed by atoms with Crippen LogP contribution in [-0.4, -0.2) is 48.7 Å². The van der Waals surface area contributed by atoms with Gasteiger partial charge in [0.1, 0.15) is 5.69 Å². The van der Waals surface area contributed by atoms with E-state index in [1.165, 1.54) is 28.7 Å². The average Bonchev–Trinajstić information content (AvgIpc) is 3.01. The van der Waals surface area contributed by atoms with Crippen molar-refractivity contribution in [3.63, 3.8) is 0 Å². The Labute approximate surface area is 132 Å². The van der Waals surface area contributed by atoms with Crippen LogP contribution < -0.4 is 5.32 Å². The number of piperazine rings is 1. The summed E-state index contributed by atoms with van der Waals surface area (Å²) in [6.07, 6.45) is 1.33. The first-order valence-corrected chi connectivity index (χ1v) is 8.53. The van der Waals surface area contributed by atoms with E-state index in [4.69, 9.17) is 11.6 Å². The summed E-state index contributed by atoms with van der Waals surface area (Å²) in [5, 5.41) is 6.88. The molecule has 0 radical (unpaired) electrons. The van der Waals surface area contributed by atoms with Crippen LogP contribution in [0.3, 0.4) is 0 Å². The van der Waals surface area contributed by atoms with E-state index in [1.54, 1.807) is 6.07 Å². The first-order chi connectivity index (χ1) is 10.5. The summed E-state index contributed by atoms with van der Waals surface area (Å²) in [7, 11) is -3.74. The maximum absolute atomic E-state index is 14.2. The second kappa shape index (κ2) is 5.96. The van der Waals surface area contributed by atoms with E-state index >= 15 is 0 Å². The number of nitrogens with one attached hydrogen (secondary N) is 1. The SMILES string of the molecule is O=S(=O)(c1ccnn1-c1cccc(Cl)c1F)N1CCNCC1. The molecule has 9 heteroatoms. The van der Waals surface area contributed by atoms with Gasteiger partial charge in [0, 0.05) is 26.2 Å². The Morgan fingerprint density at radius 1 is 1.23 bits per heavy atom. The number of hydrogen-bond acceptors (Lipinski definition) is 4. The van der Waals surface area contributed by atoms with Crippen LogP contribution in [0.15, 0.2) is 35.5 Å². The molecule has 22 heavy (non-hydrogen) atoms.